The first kappa shape index (κ1) is 12.5. The zero-order valence-electron chi connectivity index (χ0n) is 12.4. The minimum absolute atomic E-state index is 0.653. The van der Waals surface area contributed by atoms with Gasteiger partial charge in [0.1, 0.15) is 5.52 Å². The van der Waals surface area contributed by atoms with Gasteiger partial charge in [-0.25, -0.2) is 0 Å². The minimum atomic E-state index is 0.653. The number of hydrogen-bond acceptors (Lipinski definition) is 3. The van der Waals surface area contributed by atoms with E-state index in [1.165, 1.54) is 35.8 Å². The van der Waals surface area contributed by atoms with Gasteiger partial charge in [0.25, 0.3) is 6.01 Å². The molecule has 0 aliphatic heterocycles. The molecule has 0 unspecified atom stereocenters. The SMILES string of the molecule is CN(C)c1nc2ccc3cc(C4=CCCC4)ccc3c2o1. The maximum atomic E-state index is 5.91. The third-order valence-electron chi connectivity index (χ3n) is 4.15. The molecule has 0 spiro atoms. The molecule has 1 heterocycles. The molecule has 1 aliphatic carbocycles. The number of aromatic nitrogens is 1. The van der Waals surface area contributed by atoms with E-state index in [2.05, 4.69) is 35.3 Å². The Hall–Kier alpha value is -2.29. The monoisotopic (exact) mass is 278 g/mol. The molecule has 0 bridgehead atoms. The molecule has 0 atom stereocenters. The molecular formula is C18H18N2O. The number of anilines is 1. The van der Waals surface area contributed by atoms with E-state index >= 15 is 0 Å². The Bertz CT molecular complexity index is 858. The lowest BCUT2D eigenvalue weighted by Gasteiger charge is -2.05. The van der Waals surface area contributed by atoms with Crippen molar-refractivity contribution in [2.24, 2.45) is 0 Å². The Balaban J connectivity index is 1.91. The highest BCUT2D eigenvalue weighted by atomic mass is 16.4. The summed E-state index contributed by atoms with van der Waals surface area (Å²) in [6.45, 7) is 0. The molecule has 0 N–H and O–H groups in total. The van der Waals surface area contributed by atoms with Crippen LogP contribution < -0.4 is 4.90 Å². The van der Waals surface area contributed by atoms with Crippen molar-refractivity contribution < 1.29 is 4.42 Å². The van der Waals surface area contributed by atoms with Crippen molar-refractivity contribution in [1.29, 1.82) is 0 Å². The summed E-state index contributed by atoms with van der Waals surface area (Å²) in [5.74, 6) is 0. The average molecular weight is 278 g/mol. The molecule has 1 aliphatic rings. The van der Waals surface area contributed by atoms with Crippen LogP contribution in [-0.2, 0) is 0 Å². The Morgan fingerprint density at radius 1 is 1.14 bits per heavy atom. The molecule has 2 aromatic carbocycles. The molecule has 0 amide bonds. The van der Waals surface area contributed by atoms with E-state index in [0.29, 0.717) is 6.01 Å². The molecule has 0 fully saturated rings. The summed E-state index contributed by atoms with van der Waals surface area (Å²) >= 11 is 0. The molecule has 1 aromatic heterocycles. The normalized spacial score (nSPS) is 14.9. The van der Waals surface area contributed by atoms with Gasteiger partial charge < -0.3 is 9.32 Å². The maximum Gasteiger partial charge on any atom is 0.297 e. The molecule has 21 heavy (non-hydrogen) atoms. The van der Waals surface area contributed by atoms with Crippen molar-refractivity contribution in [1.82, 2.24) is 4.98 Å². The predicted molar refractivity (Wildman–Crippen MR) is 87.7 cm³/mol. The zero-order valence-corrected chi connectivity index (χ0v) is 12.4. The van der Waals surface area contributed by atoms with Crippen LogP contribution in [0.3, 0.4) is 0 Å². The standard InChI is InChI=1S/C18H18N2O/c1-20(2)18-19-16-10-8-14-11-13(12-5-3-4-6-12)7-9-15(14)17(16)21-18/h5,7-11H,3-4,6H2,1-2H3. The van der Waals surface area contributed by atoms with Crippen LogP contribution in [0.5, 0.6) is 0 Å². The van der Waals surface area contributed by atoms with Crippen LogP contribution in [0.2, 0.25) is 0 Å². The molecule has 3 nitrogen and oxygen atoms in total. The topological polar surface area (TPSA) is 29.3 Å². The van der Waals surface area contributed by atoms with Gasteiger partial charge in [0, 0.05) is 19.5 Å². The fraction of sp³-hybridized carbons (Fsp3) is 0.278. The lowest BCUT2D eigenvalue weighted by atomic mass is 10.0. The first-order chi connectivity index (χ1) is 10.2. The van der Waals surface area contributed by atoms with Gasteiger partial charge in [0.05, 0.1) is 0 Å². The largest absolute Gasteiger partial charge is 0.423 e. The van der Waals surface area contributed by atoms with Crippen LogP contribution >= 0.6 is 0 Å². The molecule has 3 aromatic rings. The lowest BCUT2D eigenvalue weighted by Crippen LogP contribution is -2.08. The van der Waals surface area contributed by atoms with Gasteiger partial charge in [-0.15, -0.1) is 0 Å². The highest BCUT2D eigenvalue weighted by molar-refractivity contribution is 6.04. The van der Waals surface area contributed by atoms with Crippen LogP contribution in [-0.4, -0.2) is 19.1 Å². The molecule has 0 saturated carbocycles. The minimum Gasteiger partial charge on any atom is -0.423 e. The lowest BCUT2D eigenvalue weighted by molar-refractivity contribution is 0.599. The Labute approximate surface area is 123 Å². The third kappa shape index (κ3) is 2.00. The van der Waals surface area contributed by atoms with Gasteiger partial charge in [0.2, 0.25) is 0 Å². The van der Waals surface area contributed by atoms with Crippen molar-refractivity contribution in [3.8, 4) is 0 Å². The van der Waals surface area contributed by atoms with Crippen molar-refractivity contribution in [2.75, 3.05) is 19.0 Å². The number of allylic oxidation sites excluding steroid dienone is 2. The van der Waals surface area contributed by atoms with Crippen molar-refractivity contribution in [3.63, 3.8) is 0 Å². The van der Waals surface area contributed by atoms with Gasteiger partial charge in [0.15, 0.2) is 5.58 Å². The van der Waals surface area contributed by atoms with Crippen LogP contribution in [0.25, 0.3) is 27.4 Å². The molecule has 3 heteroatoms. The summed E-state index contributed by atoms with van der Waals surface area (Å²) in [6.07, 6.45) is 6.04. The van der Waals surface area contributed by atoms with Gasteiger partial charge in [-0.3, -0.25) is 0 Å². The second-order valence-electron chi connectivity index (χ2n) is 5.86. The number of hydrogen-bond donors (Lipinski definition) is 0. The van der Waals surface area contributed by atoms with E-state index in [9.17, 15) is 0 Å². The molecule has 0 saturated heterocycles. The molecule has 4 rings (SSSR count). The van der Waals surface area contributed by atoms with Crippen LogP contribution in [0.15, 0.2) is 40.8 Å². The summed E-state index contributed by atoms with van der Waals surface area (Å²) < 4.78 is 5.91. The number of rotatable bonds is 2. The number of fused-ring (bicyclic) bond motifs is 3. The van der Waals surface area contributed by atoms with Crippen molar-refractivity contribution in [3.05, 3.63) is 42.0 Å². The van der Waals surface area contributed by atoms with Gasteiger partial charge >= 0.3 is 0 Å². The smallest absolute Gasteiger partial charge is 0.297 e. The molecule has 106 valence electrons. The van der Waals surface area contributed by atoms with Crippen LogP contribution in [0, 0.1) is 0 Å². The fourth-order valence-electron chi connectivity index (χ4n) is 3.03. The van der Waals surface area contributed by atoms with Gasteiger partial charge in [-0.05, 0) is 54.0 Å². The fourth-order valence-corrected chi connectivity index (χ4v) is 3.03. The highest BCUT2D eigenvalue weighted by Crippen LogP contribution is 2.33. The number of benzene rings is 2. The quantitative estimate of drug-likeness (QED) is 0.685. The molecular weight excluding hydrogens is 260 g/mol. The van der Waals surface area contributed by atoms with E-state index in [1.54, 1.807) is 0 Å². The third-order valence-corrected chi connectivity index (χ3v) is 4.15. The van der Waals surface area contributed by atoms with E-state index in [-0.39, 0.29) is 0 Å². The van der Waals surface area contributed by atoms with E-state index in [1.807, 2.05) is 25.1 Å². The summed E-state index contributed by atoms with van der Waals surface area (Å²) in [5.41, 5.74) is 4.61. The zero-order chi connectivity index (χ0) is 14.4. The van der Waals surface area contributed by atoms with Crippen molar-refractivity contribution in [2.45, 2.75) is 19.3 Å². The second kappa shape index (κ2) is 4.62. The van der Waals surface area contributed by atoms with Gasteiger partial charge in [-0.1, -0.05) is 18.2 Å². The van der Waals surface area contributed by atoms with Crippen LogP contribution in [0.1, 0.15) is 24.8 Å². The Morgan fingerprint density at radius 2 is 2.05 bits per heavy atom. The second-order valence-corrected chi connectivity index (χ2v) is 5.86. The van der Waals surface area contributed by atoms with Crippen LogP contribution in [0.4, 0.5) is 6.01 Å². The highest BCUT2D eigenvalue weighted by Gasteiger charge is 2.12. The molecule has 0 radical (unpaired) electrons. The Morgan fingerprint density at radius 3 is 2.81 bits per heavy atom. The summed E-state index contributed by atoms with van der Waals surface area (Å²) in [5, 5.41) is 2.35. The predicted octanol–water partition coefficient (Wildman–Crippen LogP) is 4.61. The first-order valence-corrected chi connectivity index (χ1v) is 7.42. The summed E-state index contributed by atoms with van der Waals surface area (Å²) in [6, 6.07) is 11.5. The van der Waals surface area contributed by atoms with Gasteiger partial charge in [-0.2, -0.15) is 4.98 Å². The van der Waals surface area contributed by atoms with E-state index < -0.39 is 0 Å². The first-order valence-electron chi connectivity index (χ1n) is 7.42. The Kier molecular flexibility index (Phi) is 2.74. The number of oxazole rings is 1. The average Bonchev–Trinajstić information content (AvgIpc) is 3.15. The summed E-state index contributed by atoms with van der Waals surface area (Å²) in [7, 11) is 3.88. The van der Waals surface area contributed by atoms with E-state index in [0.717, 1.165) is 16.5 Å². The number of nitrogens with zero attached hydrogens (tertiary/aromatic N) is 2. The van der Waals surface area contributed by atoms with E-state index in [4.69, 9.17) is 4.42 Å². The maximum absolute atomic E-state index is 5.91. The summed E-state index contributed by atoms with van der Waals surface area (Å²) in [4.78, 5) is 6.40. The van der Waals surface area contributed by atoms with Crippen molar-refractivity contribution >= 4 is 33.5 Å².